The molecule has 0 bridgehead atoms. The van der Waals surface area contributed by atoms with Crippen LogP contribution in [0.2, 0.25) is 5.02 Å². The van der Waals surface area contributed by atoms with Gasteiger partial charge >= 0.3 is 5.97 Å². The van der Waals surface area contributed by atoms with Crippen molar-refractivity contribution in [3.8, 4) is 0 Å². The van der Waals surface area contributed by atoms with Crippen LogP contribution in [0.25, 0.3) is 0 Å². The molecule has 0 radical (unpaired) electrons. The Kier molecular flexibility index (Phi) is 5.72. The quantitative estimate of drug-likeness (QED) is 0.640. The van der Waals surface area contributed by atoms with Crippen LogP contribution in [0, 0.1) is 0 Å². The van der Waals surface area contributed by atoms with E-state index in [1.165, 1.54) is 13.8 Å². The molecule has 0 saturated carbocycles. The highest BCUT2D eigenvalue weighted by Gasteiger charge is 2.28. The van der Waals surface area contributed by atoms with Crippen molar-refractivity contribution in [1.82, 2.24) is 4.98 Å². The van der Waals surface area contributed by atoms with Crippen molar-refractivity contribution in [2.45, 2.75) is 39.1 Å². The molecule has 1 N–H and O–H groups in total. The number of ether oxygens (including phenoxy) is 2. The number of hydrogen-bond acceptors (Lipinski definition) is 5. The van der Waals surface area contributed by atoms with Crippen LogP contribution in [0.4, 0.5) is 0 Å². The van der Waals surface area contributed by atoms with Crippen LogP contribution >= 0.6 is 11.6 Å². The molecular weight excluding hydrogens is 270 g/mol. The molecule has 0 aliphatic carbocycles. The zero-order valence-electron chi connectivity index (χ0n) is 11.2. The number of hydrogen-bond donors (Lipinski definition) is 1. The Balaban J connectivity index is 2.85. The van der Waals surface area contributed by atoms with Gasteiger partial charge in [0.25, 0.3) is 0 Å². The van der Waals surface area contributed by atoms with Gasteiger partial charge in [-0.15, -0.1) is 0 Å². The maximum atomic E-state index is 11.8. The Morgan fingerprint density at radius 1 is 1.58 bits per heavy atom. The first-order valence-electron chi connectivity index (χ1n) is 5.98. The van der Waals surface area contributed by atoms with E-state index in [0.717, 1.165) is 0 Å². The zero-order valence-corrected chi connectivity index (χ0v) is 12.0. The smallest absolute Gasteiger partial charge is 0.335 e. The maximum Gasteiger partial charge on any atom is 0.335 e. The van der Waals surface area contributed by atoms with E-state index in [0.29, 0.717) is 10.6 Å². The van der Waals surface area contributed by atoms with Gasteiger partial charge in [-0.05, 0) is 32.4 Å². The highest BCUT2D eigenvalue weighted by Crippen LogP contribution is 2.19. The van der Waals surface area contributed by atoms with Crippen LogP contribution in [0.5, 0.6) is 0 Å². The first-order chi connectivity index (χ1) is 8.83. The number of rotatable bonds is 6. The van der Waals surface area contributed by atoms with Crippen LogP contribution < -0.4 is 0 Å². The Morgan fingerprint density at radius 2 is 2.26 bits per heavy atom. The minimum Gasteiger partial charge on any atom is -0.464 e. The molecule has 0 spiro atoms. The number of nitrogens with zero attached hydrogens (tertiary/aromatic N) is 1. The number of pyridine rings is 1. The average molecular weight is 288 g/mol. The van der Waals surface area contributed by atoms with Gasteiger partial charge in [0.2, 0.25) is 0 Å². The van der Waals surface area contributed by atoms with E-state index >= 15 is 0 Å². The fraction of sp³-hybridized carbons (Fsp3) is 0.538. The summed E-state index contributed by atoms with van der Waals surface area (Å²) in [5, 5.41) is 10.2. The Bertz CT molecular complexity index is 431. The SMILES string of the molecule is CCOC(=O)C(Cc1cnccc1Cl)OC(C)(C)O. The highest BCUT2D eigenvalue weighted by atomic mass is 35.5. The predicted molar refractivity (Wildman–Crippen MR) is 70.8 cm³/mol. The second kappa shape index (κ2) is 6.84. The summed E-state index contributed by atoms with van der Waals surface area (Å²) < 4.78 is 10.2. The molecule has 1 aromatic rings. The molecule has 19 heavy (non-hydrogen) atoms. The van der Waals surface area contributed by atoms with Crippen molar-refractivity contribution >= 4 is 17.6 Å². The number of aromatic nitrogens is 1. The molecule has 5 nitrogen and oxygen atoms in total. The molecular formula is C13H18ClNO4. The normalized spacial score (nSPS) is 13.1. The zero-order chi connectivity index (χ0) is 14.5. The van der Waals surface area contributed by atoms with Crippen molar-refractivity contribution in [1.29, 1.82) is 0 Å². The molecule has 0 amide bonds. The molecule has 106 valence electrons. The second-order valence-corrected chi connectivity index (χ2v) is 4.88. The molecule has 1 aromatic heterocycles. The Morgan fingerprint density at radius 3 is 2.79 bits per heavy atom. The first kappa shape index (κ1) is 15.9. The van der Waals surface area contributed by atoms with Gasteiger partial charge in [0.15, 0.2) is 11.9 Å². The van der Waals surface area contributed by atoms with E-state index in [4.69, 9.17) is 21.1 Å². The van der Waals surface area contributed by atoms with Crippen LogP contribution in [0.15, 0.2) is 18.5 Å². The van der Waals surface area contributed by atoms with Crippen molar-refractivity contribution in [2.24, 2.45) is 0 Å². The molecule has 0 aliphatic heterocycles. The van der Waals surface area contributed by atoms with Gasteiger partial charge < -0.3 is 14.6 Å². The minimum atomic E-state index is -1.44. The van der Waals surface area contributed by atoms with Crippen LogP contribution in [-0.2, 0) is 20.7 Å². The van der Waals surface area contributed by atoms with Gasteiger partial charge in [-0.25, -0.2) is 4.79 Å². The Labute approximate surface area is 117 Å². The molecule has 6 heteroatoms. The molecule has 0 fully saturated rings. The lowest BCUT2D eigenvalue weighted by Crippen LogP contribution is -2.37. The van der Waals surface area contributed by atoms with E-state index in [-0.39, 0.29) is 13.0 Å². The van der Waals surface area contributed by atoms with Crippen molar-refractivity contribution < 1.29 is 19.4 Å². The molecule has 1 atom stereocenters. The van der Waals surface area contributed by atoms with Gasteiger partial charge in [-0.3, -0.25) is 4.98 Å². The average Bonchev–Trinajstić information content (AvgIpc) is 2.29. The van der Waals surface area contributed by atoms with Gasteiger partial charge in [0, 0.05) is 23.8 Å². The Hall–Kier alpha value is -1.17. The second-order valence-electron chi connectivity index (χ2n) is 4.48. The molecule has 0 aliphatic rings. The lowest BCUT2D eigenvalue weighted by atomic mass is 10.1. The van der Waals surface area contributed by atoms with Crippen molar-refractivity contribution in [3.63, 3.8) is 0 Å². The summed E-state index contributed by atoms with van der Waals surface area (Å²) in [5.41, 5.74) is 0.659. The van der Waals surface area contributed by atoms with Crippen LogP contribution in [0.1, 0.15) is 26.3 Å². The van der Waals surface area contributed by atoms with Crippen molar-refractivity contribution in [3.05, 3.63) is 29.0 Å². The van der Waals surface area contributed by atoms with Gasteiger partial charge in [0.05, 0.1) is 6.61 Å². The molecule has 1 unspecified atom stereocenters. The monoisotopic (exact) mass is 287 g/mol. The standard InChI is InChI=1S/C13H18ClNO4/c1-4-18-12(16)11(19-13(2,3)17)7-9-8-15-6-5-10(9)14/h5-6,8,11,17H,4,7H2,1-3H3. The highest BCUT2D eigenvalue weighted by molar-refractivity contribution is 6.31. The van der Waals surface area contributed by atoms with E-state index < -0.39 is 17.9 Å². The number of carbonyl (C=O) groups is 1. The van der Waals surface area contributed by atoms with Gasteiger partial charge in [0.1, 0.15) is 0 Å². The molecule has 1 rings (SSSR count). The third kappa shape index (κ3) is 5.55. The number of halogens is 1. The number of carbonyl (C=O) groups excluding carboxylic acids is 1. The summed E-state index contributed by atoms with van der Waals surface area (Å²) in [4.78, 5) is 15.8. The van der Waals surface area contributed by atoms with Crippen LogP contribution in [0.3, 0.4) is 0 Å². The summed E-state index contributed by atoms with van der Waals surface area (Å²) in [6.45, 7) is 4.84. The lowest BCUT2D eigenvalue weighted by Gasteiger charge is -2.25. The largest absolute Gasteiger partial charge is 0.464 e. The summed E-state index contributed by atoms with van der Waals surface area (Å²) in [5.74, 6) is -1.98. The molecule has 0 aromatic carbocycles. The topological polar surface area (TPSA) is 68.7 Å². The predicted octanol–water partition coefficient (Wildman–Crippen LogP) is 1.95. The van der Waals surface area contributed by atoms with E-state index in [9.17, 15) is 9.90 Å². The van der Waals surface area contributed by atoms with Gasteiger partial charge in [-0.1, -0.05) is 11.6 Å². The summed E-state index contributed by atoms with van der Waals surface area (Å²) in [6, 6.07) is 1.63. The maximum absolute atomic E-state index is 11.8. The van der Waals surface area contributed by atoms with Gasteiger partial charge in [-0.2, -0.15) is 0 Å². The third-order valence-electron chi connectivity index (χ3n) is 2.23. The number of esters is 1. The van der Waals surface area contributed by atoms with Crippen molar-refractivity contribution in [2.75, 3.05) is 6.61 Å². The third-order valence-corrected chi connectivity index (χ3v) is 2.60. The van der Waals surface area contributed by atoms with E-state index in [1.54, 1.807) is 25.4 Å². The lowest BCUT2D eigenvalue weighted by molar-refractivity contribution is -0.216. The van der Waals surface area contributed by atoms with Crippen LogP contribution in [-0.4, -0.2) is 34.6 Å². The van der Waals surface area contributed by atoms with E-state index in [2.05, 4.69) is 4.98 Å². The molecule has 0 saturated heterocycles. The number of aliphatic hydroxyl groups is 1. The summed E-state index contributed by atoms with van der Waals surface area (Å²) in [7, 11) is 0. The summed E-state index contributed by atoms with van der Waals surface area (Å²) in [6.07, 6.45) is 2.38. The summed E-state index contributed by atoms with van der Waals surface area (Å²) >= 11 is 6.01. The fourth-order valence-electron chi connectivity index (χ4n) is 1.52. The fourth-order valence-corrected chi connectivity index (χ4v) is 1.70. The molecule has 1 heterocycles. The van der Waals surface area contributed by atoms with E-state index in [1.807, 2.05) is 0 Å². The first-order valence-corrected chi connectivity index (χ1v) is 6.36. The minimum absolute atomic E-state index is 0.190.